The van der Waals surface area contributed by atoms with Crippen molar-refractivity contribution in [1.82, 2.24) is 0 Å². The van der Waals surface area contributed by atoms with E-state index in [1.54, 1.807) is 0 Å². The highest BCUT2D eigenvalue weighted by molar-refractivity contribution is 5.39. The van der Waals surface area contributed by atoms with Gasteiger partial charge in [0.1, 0.15) is 0 Å². The Labute approximate surface area is 111 Å². The van der Waals surface area contributed by atoms with E-state index in [0.29, 0.717) is 0 Å². The maximum atomic E-state index is 2.34. The molecular formula is C18H22. The number of hydrogen-bond acceptors (Lipinski definition) is 0. The molecule has 0 aromatic heterocycles. The quantitative estimate of drug-likeness (QED) is 0.570. The number of allylic oxidation sites excluding steroid dienone is 6. The number of unbranched alkanes of at least 4 members (excludes halogenated alkanes) is 4. The van der Waals surface area contributed by atoms with Gasteiger partial charge in [-0.25, -0.2) is 0 Å². The second-order valence-corrected chi connectivity index (χ2v) is 4.86. The highest BCUT2D eigenvalue weighted by Gasteiger charge is 1.94. The van der Waals surface area contributed by atoms with Gasteiger partial charge in [0.05, 0.1) is 0 Å². The lowest BCUT2D eigenvalue weighted by molar-refractivity contribution is 0.646. The van der Waals surface area contributed by atoms with E-state index in [9.17, 15) is 0 Å². The van der Waals surface area contributed by atoms with Crippen LogP contribution in [-0.4, -0.2) is 0 Å². The van der Waals surface area contributed by atoms with Gasteiger partial charge >= 0.3 is 0 Å². The summed E-state index contributed by atoms with van der Waals surface area (Å²) in [5, 5.41) is 0. The molecule has 1 aliphatic carbocycles. The van der Waals surface area contributed by atoms with E-state index in [2.05, 4.69) is 60.7 Å². The Morgan fingerprint density at radius 3 is 2.28 bits per heavy atom. The molecule has 0 aliphatic heterocycles. The number of hydrogen-bond donors (Lipinski definition) is 0. The highest BCUT2D eigenvalue weighted by atomic mass is 14.0. The van der Waals surface area contributed by atoms with Crippen molar-refractivity contribution in [3.8, 4) is 0 Å². The maximum absolute atomic E-state index is 2.34. The van der Waals surface area contributed by atoms with Crippen molar-refractivity contribution in [2.24, 2.45) is 0 Å². The lowest BCUT2D eigenvalue weighted by Gasteiger charge is -2.01. The summed E-state index contributed by atoms with van der Waals surface area (Å²) in [7, 11) is 0. The average Bonchev–Trinajstić information content (AvgIpc) is 2.92. The summed E-state index contributed by atoms with van der Waals surface area (Å²) >= 11 is 0. The molecule has 0 saturated carbocycles. The highest BCUT2D eigenvalue weighted by Crippen LogP contribution is 2.12. The molecule has 94 valence electrons. The fourth-order valence-electron chi connectivity index (χ4n) is 2.27. The number of benzene rings is 1. The zero-order valence-electron chi connectivity index (χ0n) is 11.0. The van der Waals surface area contributed by atoms with Gasteiger partial charge in [-0.05, 0) is 36.8 Å². The third kappa shape index (κ3) is 4.75. The standard InChI is InChI=1S/C18H22/c1(3-6-12-18-15-9-10-16-18)2-5-11-17-13-7-4-8-14-17/h4,7-10,12-16H,1-3,5-6,11H2. The van der Waals surface area contributed by atoms with Crippen molar-refractivity contribution in [1.29, 1.82) is 0 Å². The first-order valence-corrected chi connectivity index (χ1v) is 7.04. The predicted octanol–water partition coefficient (Wildman–Crippen LogP) is 5.23. The molecule has 0 spiro atoms. The van der Waals surface area contributed by atoms with E-state index >= 15 is 0 Å². The summed E-state index contributed by atoms with van der Waals surface area (Å²) in [5.74, 6) is 0. The smallest absolute Gasteiger partial charge is 0.0279 e. The van der Waals surface area contributed by atoms with Gasteiger partial charge in [0, 0.05) is 0 Å². The van der Waals surface area contributed by atoms with Crippen LogP contribution in [0.3, 0.4) is 0 Å². The maximum Gasteiger partial charge on any atom is -0.0279 e. The molecule has 2 rings (SSSR count). The van der Waals surface area contributed by atoms with E-state index in [-0.39, 0.29) is 0 Å². The molecule has 0 atom stereocenters. The molecule has 0 radical (unpaired) electrons. The van der Waals surface area contributed by atoms with Crippen molar-refractivity contribution in [2.75, 3.05) is 0 Å². The molecule has 1 aliphatic rings. The van der Waals surface area contributed by atoms with E-state index in [1.165, 1.54) is 49.7 Å². The molecule has 0 saturated heterocycles. The van der Waals surface area contributed by atoms with E-state index in [4.69, 9.17) is 0 Å². The molecule has 0 N–H and O–H groups in total. The summed E-state index contributed by atoms with van der Waals surface area (Å²) in [6.07, 6.45) is 18.7. The minimum absolute atomic E-state index is 1.22. The lowest BCUT2D eigenvalue weighted by atomic mass is 10.1. The molecule has 0 bridgehead atoms. The van der Waals surface area contributed by atoms with Crippen LogP contribution in [0.1, 0.15) is 37.7 Å². The Kier molecular flexibility index (Phi) is 5.52. The van der Waals surface area contributed by atoms with Crippen LogP contribution in [0.2, 0.25) is 0 Å². The fraction of sp³-hybridized carbons (Fsp3) is 0.333. The van der Waals surface area contributed by atoms with Crippen LogP contribution >= 0.6 is 0 Å². The van der Waals surface area contributed by atoms with Gasteiger partial charge in [-0.2, -0.15) is 0 Å². The minimum atomic E-state index is 1.22. The Balaban J connectivity index is 1.50. The average molecular weight is 238 g/mol. The molecule has 18 heavy (non-hydrogen) atoms. The lowest BCUT2D eigenvalue weighted by Crippen LogP contribution is -1.85. The second kappa shape index (κ2) is 7.71. The third-order valence-corrected chi connectivity index (χ3v) is 3.33. The molecule has 1 aromatic carbocycles. The van der Waals surface area contributed by atoms with E-state index in [0.717, 1.165) is 0 Å². The molecule has 0 heteroatoms. The van der Waals surface area contributed by atoms with Crippen LogP contribution in [0.4, 0.5) is 0 Å². The van der Waals surface area contributed by atoms with Crippen molar-refractivity contribution in [3.05, 3.63) is 71.8 Å². The largest absolute Gasteiger partial charge is 0.0773 e. The van der Waals surface area contributed by atoms with Crippen LogP contribution in [-0.2, 0) is 6.42 Å². The molecule has 0 heterocycles. The summed E-state index contributed by atoms with van der Waals surface area (Å²) in [6.45, 7) is 0. The minimum Gasteiger partial charge on any atom is -0.0773 e. The van der Waals surface area contributed by atoms with Gasteiger partial charge in [-0.3, -0.25) is 0 Å². The molecular weight excluding hydrogens is 216 g/mol. The van der Waals surface area contributed by atoms with Crippen LogP contribution in [0.5, 0.6) is 0 Å². The molecule has 0 fully saturated rings. The third-order valence-electron chi connectivity index (χ3n) is 3.33. The van der Waals surface area contributed by atoms with Gasteiger partial charge < -0.3 is 0 Å². The van der Waals surface area contributed by atoms with Crippen molar-refractivity contribution < 1.29 is 0 Å². The summed E-state index contributed by atoms with van der Waals surface area (Å²) in [6, 6.07) is 10.8. The van der Waals surface area contributed by atoms with E-state index < -0.39 is 0 Å². The zero-order valence-corrected chi connectivity index (χ0v) is 11.0. The van der Waals surface area contributed by atoms with Gasteiger partial charge in [-0.15, -0.1) is 0 Å². The first-order valence-electron chi connectivity index (χ1n) is 7.04. The first kappa shape index (κ1) is 12.9. The van der Waals surface area contributed by atoms with Gasteiger partial charge in [-0.1, -0.05) is 73.6 Å². The molecule has 0 nitrogen and oxygen atoms in total. The van der Waals surface area contributed by atoms with E-state index in [1.807, 2.05) is 0 Å². The van der Waals surface area contributed by atoms with Crippen molar-refractivity contribution in [3.63, 3.8) is 0 Å². The second-order valence-electron chi connectivity index (χ2n) is 4.86. The van der Waals surface area contributed by atoms with Crippen LogP contribution in [0.15, 0.2) is 66.3 Å². The van der Waals surface area contributed by atoms with Crippen molar-refractivity contribution in [2.45, 2.75) is 38.5 Å². The summed E-state index contributed by atoms with van der Waals surface area (Å²) < 4.78 is 0. The molecule has 0 amide bonds. The van der Waals surface area contributed by atoms with Gasteiger partial charge in [0.2, 0.25) is 0 Å². The Hall–Kier alpha value is -1.56. The normalized spacial score (nSPS) is 13.2. The van der Waals surface area contributed by atoms with Gasteiger partial charge in [0.15, 0.2) is 0 Å². The Bertz CT molecular complexity index is 407. The monoisotopic (exact) mass is 238 g/mol. The van der Waals surface area contributed by atoms with Crippen LogP contribution < -0.4 is 0 Å². The zero-order chi connectivity index (χ0) is 12.5. The number of aryl methyl sites for hydroxylation is 1. The summed E-state index contributed by atoms with van der Waals surface area (Å²) in [4.78, 5) is 0. The topological polar surface area (TPSA) is 0 Å². The fourth-order valence-corrected chi connectivity index (χ4v) is 2.27. The first-order chi connectivity index (χ1) is 8.95. The number of rotatable bonds is 7. The Morgan fingerprint density at radius 1 is 0.778 bits per heavy atom. The SMILES string of the molecule is C1=CC(=CCCCCCCc2ccccc2)C=C1. The Morgan fingerprint density at radius 2 is 1.50 bits per heavy atom. The summed E-state index contributed by atoms with van der Waals surface area (Å²) in [5.41, 5.74) is 2.85. The predicted molar refractivity (Wildman–Crippen MR) is 79.6 cm³/mol. The van der Waals surface area contributed by atoms with Crippen molar-refractivity contribution >= 4 is 0 Å². The van der Waals surface area contributed by atoms with Gasteiger partial charge in [0.25, 0.3) is 0 Å². The molecule has 1 aromatic rings. The van der Waals surface area contributed by atoms with Crippen LogP contribution in [0, 0.1) is 0 Å². The van der Waals surface area contributed by atoms with Crippen LogP contribution in [0.25, 0.3) is 0 Å². The molecule has 0 unspecified atom stereocenters.